The van der Waals surface area contributed by atoms with Crippen molar-refractivity contribution < 1.29 is 0 Å². The van der Waals surface area contributed by atoms with Gasteiger partial charge in [-0.3, -0.25) is 4.98 Å². The van der Waals surface area contributed by atoms with E-state index in [1.165, 1.54) is 27.5 Å². The van der Waals surface area contributed by atoms with Crippen LogP contribution in [0.5, 0.6) is 0 Å². The van der Waals surface area contributed by atoms with E-state index in [0.29, 0.717) is 0 Å². The number of rotatable bonds is 3. The first-order chi connectivity index (χ1) is 9.79. The molecule has 0 amide bonds. The standard InChI is InChI=1S/C18H18N2/c1-2-18(19)14-8-6-13(7-9-14)16-5-3-4-15-12-20-11-10-17(15)16/h3-12,18H,2,19H2,1H3. The van der Waals surface area contributed by atoms with Crippen molar-refractivity contribution in [1.29, 1.82) is 0 Å². The summed E-state index contributed by atoms with van der Waals surface area (Å²) in [5.41, 5.74) is 9.71. The highest BCUT2D eigenvalue weighted by Crippen LogP contribution is 2.29. The Morgan fingerprint density at radius 2 is 1.85 bits per heavy atom. The van der Waals surface area contributed by atoms with E-state index >= 15 is 0 Å². The highest BCUT2D eigenvalue weighted by molar-refractivity contribution is 5.96. The van der Waals surface area contributed by atoms with Gasteiger partial charge in [0.25, 0.3) is 0 Å². The van der Waals surface area contributed by atoms with Gasteiger partial charge in [0.2, 0.25) is 0 Å². The molecular weight excluding hydrogens is 244 g/mol. The maximum Gasteiger partial charge on any atom is 0.0346 e. The van der Waals surface area contributed by atoms with Gasteiger partial charge < -0.3 is 5.73 Å². The molecule has 20 heavy (non-hydrogen) atoms. The second-order valence-corrected chi connectivity index (χ2v) is 5.04. The molecule has 0 bridgehead atoms. The predicted molar refractivity (Wildman–Crippen MR) is 84.4 cm³/mol. The molecule has 2 nitrogen and oxygen atoms in total. The van der Waals surface area contributed by atoms with Gasteiger partial charge in [0, 0.05) is 23.8 Å². The maximum atomic E-state index is 6.07. The Labute approximate surface area is 119 Å². The highest BCUT2D eigenvalue weighted by atomic mass is 14.6. The molecule has 0 aliphatic carbocycles. The Bertz CT molecular complexity index is 712. The Morgan fingerprint density at radius 3 is 2.60 bits per heavy atom. The SMILES string of the molecule is CCC(N)c1ccc(-c2cccc3cnccc23)cc1. The molecule has 3 aromatic rings. The second kappa shape index (κ2) is 5.43. The summed E-state index contributed by atoms with van der Waals surface area (Å²) in [6.07, 6.45) is 4.70. The summed E-state index contributed by atoms with van der Waals surface area (Å²) in [5.74, 6) is 0. The van der Waals surface area contributed by atoms with Crippen molar-refractivity contribution in [2.75, 3.05) is 0 Å². The zero-order valence-corrected chi connectivity index (χ0v) is 11.6. The summed E-state index contributed by atoms with van der Waals surface area (Å²) in [6.45, 7) is 2.11. The van der Waals surface area contributed by atoms with Crippen LogP contribution in [-0.2, 0) is 0 Å². The molecule has 1 unspecified atom stereocenters. The first-order valence-electron chi connectivity index (χ1n) is 6.98. The van der Waals surface area contributed by atoms with Gasteiger partial charge >= 0.3 is 0 Å². The predicted octanol–water partition coefficient (Wildman–Crippen LogP) is 4.31. The molecule has 2 heteroatoms. The summed E-state index contributed by atoms with van der Waals surface area (Å²) in [6, 6.07) is 17.1. The quantitative estimate of drug-likeness (QED) is 0.763. The first-order valence-corrected chi connectivity index (χ1v) is 6.98. The minimum absolute atomic E-state index is 0.126. The number of pyridine rings is 1. The summed E-state index contributed by atoms with van der Waals surface area (Å²) in [5, 5.41) is 2.40. The third-order valence-corrected chi connectivity index (χ3v) is 3.77. The molecular formula is C18H18N2. The minimum atomic E-state index is 0.126. The van der Waals surface area contributed by atoms with E-state index in [0.717, 1.165) is 6.42 Å². The fourth-order valence-electron chi connectivity index (χ4n) is 2.52. The van der Waals surface area contributed by atoms with E-state index in [-0.39, 0.29) is 6.04 Å². The number of nitrogens with two attached hydrogens (primary N) is 1. The van der Waals surface area contributed by atoms with Crippen LogP contribution in [0, 0.1) is 0 Å². The van der Waals surface area contributed by atoms with Crippen LogP contribution >= 0.6 is 0 Å². The van der Waals surface area contributed by atoms with Crippen LogP contribution in [0.25, 0.3) is 21.9 Å². The van der Waals surface area contributed by atoms with E-state index < -0.39 is 0 Å². The number of aromatic nitrogens is 1. The lowest BCUT2D eigenvalue weighted by atomic mass is 9.97. The van der Waals surface area contributed by atoms with Gasteiger partial charge in [0.05, 0.1) is 0 Å². The Kier molecular flexibility index (Phi) is 3.48. The molecule has 3 rings (SSSR count). The van der Waals surface area contributed by atoms with Crippen molar-refractivity contribution >= 4 is 10.8 Å². The van der Waals surface area contributed by atoms with Crippen LogP contribution in [-0.4, -0.2) is 4.98 Å². The second-order valence-electron chi connectivity index (χ2n) is 5.04. The van der Waals surface area contributed by atoms with Gasteiger partial charge in [-0.05, 0) is 34.6 Å². The van der Waals surface area contributed by atoms with E-state index in [1.807, 2.05) is 12.4 Å². The fourth-order valence-corrected chi connectivity index (χ4v) is 2.52. The Morgan fingerprint density at radius 1 is 1.05 bits per heavy atom. The minimum Gasteiger partial charge on any atom is -0.324 e. The van der Waals surface area contributed by atoms with Crippen molar-refractivity contribution in [1.82, 2.24) is 4.98 Å². The molecule has 0 spiro atoms. The largest absolute Gasteiger partial charge is 0.324 e. The third kappa shape index (κ3) is 2.30. The van der Waals surface area contributed by atoms with Crippen LogP contribution in [0.3, 0.4) is 0 Å². The molecule has 0 radical (unpaired) electrons. The van der Waals surface area contributed by atoms with Crippen LogP contribution in [0.2, 0.25) is 0 Å². The van der Waals surface area contributed by atoms with Crippen molar-refractivity contribution in [3.05, 3.63) is 66.5 Å². The van der Waals surface area contributed by atoms with Crippen LogP contribution < -0.4 is 5.73 Å². The zero-order valence-electron chi connectivity index (χ0n) is 11.6. The molecule has 0 saturated carbocycles. The lowest BCUT2D eigenvalue weighted by Gasteiger charge is -2.11. The van der Waals surface area contributed by atoms with Gasteiger partial charge in [0.15, 0.2) is 0 Å². The van der Waals surface area contributed by atoms with E-state index in [9.17, 15) is 0 Å². The Hall–Kier alpha value is -2.19. The van der Waals surface area contributed by atoms with Gasteiger partial charge in [-0.25, -0.2) is 0 Å². The van der Waals surface area contributed by atoms with Crippen LogP contribution in [0.15, 0.2) is 60.9 Å². The lowest BCUT2D eigenvalue weighted by Crippen LogP contribution is -2.08. The molecule has 0 saturated heterocycles. The summed E-state index contributed by atoms with van der Waals surface area (Å²) < 4.78 is 0. The summed E-state index contributed by atoms with van der Waals surface area (Å²) >= 11 is 0. The topological polar surface area (TPSA) is 38.9 Å². The van der Waals surface area contributed by atoms with Crippen LogP contribution in [0.1, 0.15) is 24.9 Å². The molecule has 0 aliphatic heterocycles. The summed E-state index contributed by atoms with van der Waals surface area (Å²) in [7, 11) is 0. The fraction of sp³-hybridized carbons (Fsp3) is 0.167. The first kappa shape index (κ1) is 12.8. The number of fused-ring (bicyclic) bond motifs is 1. The monoisotopic (exact) mass is 262 g/mol. The molecule has 2 N–H and O–H groups in total. The zero-order chi connectivity index (χ0) is 13.9. The van der Waals surface area contributed by atoms with Gasteiger partial charge in [-0.1, -0.05) is 49.4 Å². The number of hydrogen-bond acceptors (Lipinski definition) is 2. The number of benzene rings is 2. The molecule has 0 aliphatic rings. The average molecular weight is 262 g/mol. The Balaban J connectivity index is 2.07. The third-order valence-electron chi connectivity index (χ3n) is 3.77. The molecule has 1 heterocycles. The lowest BCUT2D eigenvalue weighted by molar-refractivity contribution is 0.699. The van der Waals surface area contributed by atoms with Gasteiger partial charge in [-0.2, -0.15) is 0 Å². The number of hydrogen-bond donors (Lipinski definition) is 1. The molecule has 0 fully saturated rings. The van der Waals surface area contributed by atoms with Crippen molar-refractivity contribution in [2.45, 2.75) is 19.4 Å². The van der Waals surface area contributed by atoms with Gasteiger partial charge in [-0.15, -0.1) is 0 Å². The normalized spacial score (nSPS) is 12.5. The molecule has 1 atom stereocenters. The molecule has 2 aromatic carbocycles. The van der Waals surface area contributed by atoms with Gasteiger partial charge in [0.1, 0.15) is 0 Å². The maximum absolute atomic E-state index is 6.07. The summed E-state index contributed by atoms with van der Waals surface area (Å²) in [4.78, 5) is 4.18. The van der Waals surface area contributed by atoms with Crippen molar-refractivity contribution in [3.63, 3.8) is 0 Å². The van der Waals surface area contributed by atoms with Crippen LogP contribution in [0.4, 0.5) is 0 Å². The highest BCUT2D eigenvalue weighted by Gasteiger charge is 2.06. The smallest absolute Gasteiger partial charge is 0.0346 e. The van der Waals surface area contributed by atoms with E-state index in [4.69, 9.17) is 5.73 Å². The van der Waals surface area contributed by atoms with Crippen molar-refractivity contribution in [3.8, 4) is 11.1 Å². The number of nitrogens with zero attached hydrogens (tertiary/aromatic N) is 1. The van der Waals surface area contributed by atoms with E-state index in [1.54, 1.807) is 0 Å². The van der Waals surface area contributed by atoms with E-state index in [2.05, 4.69) is 60.4 Å². The molecule has 1 aromatic heterocycles. The van der Waals surface area contributed by atoms with Crippen molar-refractivity contribution in [2.24, 2.45) is 5.73 Å². The average Bonchev–Trinajstić information content (AvgIpc) is 2.54. The molecule has 100 valence electrons.